The fraction of sp³-hybridized carbons (Fsp3) is 0.424. The number of aliphatic carboxylic acids is 3. The van der Waals surface area contributed by atoms with E-state index < -0.39 is 37.0 Å². The second-order valence-corrected chi connectivity index (χ2v) is 11.6. The van der Waals surface area contributed by atoms with Gasteiger partial charge >= 0.3 is 35.0 Å². The summed E-state index contributed by atoms with van der Waals surface area (Å²) in [5.41, 5.74) is 2.70. The van der Waals surface area contributed by atoms with Gasteiger partial charge in [-0.3, -0.25) is 48.8 Å². The smallest absolute Gasteiger partial charge is 0.480 e. The molecule has 4 rings (SSSR count). The second kappa shape index (κ2) is 19.5. The minimum absolute atomic E-state index is 0. The predicted molar refractivity (Wildman–Crippen MR) is 170 cm³/mol. The van der Waals surface area contributed by atoms with E-state index in [2.05, 4.69) is 25.2 Å². The van der Waals surface area contributed by atoms with Crippen molar-refractivity contribution in [2.75, 3.05) is 32.7 Å². The summed E-state index contributed by atoms with van der Waals surface area (Å²) in [6.07, 6.45) is 7.66. The SMILES string of the molecule is O=C(O)CN(CC(=O)O)C1CCCCC1N(CC(=O)O)Cc1ccc(C(=O)NCCN(Cc2ccccn2)Cc2ccccn2)cn1.[Mn+2]. The third-order valence-corrected chi connectivity index (χ3v) is 8.04. The van der Waals surface area contributed by atoms with Gasteiger partial charge in [0.1, 0.15) is 0 Å². The number of hydrogen-bond acceptors (Lipinski definition) is 10. The van der Waals surface area contributed by atoms with E-state index in [0.29, 0.717) is 50.3 Å². The van der Waals surface area contributed by atoms with Crippen molar-refractivity contribution in [1.29, 1.82) is 0 Å². The van der Waals surface area contributed by atoms with Gasteiger partial charge in [-0.15, -0.1) is 0 Å². The van der Waals surface area contributed by atoms with Crippen LogP contribution in [0, 0.1) is 0 Å². The van der Waals surface area contributed by atoms with Gasteiger partial charge in [-0.25, -0.2) is 0 Å². The summed E-state index contributed by atoms with van der Waals surface area (Å²) in [6, 6.07) is 14.0. The van der Waals surface area contributed by atoms with E-state index >= 15 is 0 Å². The summed E-state index contributed by atoms with van der Waals surface area (Å²) in [6.45, 7) is 0.995. The number of carbonyl (C=O) groups excluding carboxylic acids is 1. The number of pyridine rings is 3. The van der Waals surface area contributed by atoms with Gasteiger partial charge in [0, 0.05) is 63.4 Å². The van der Waals surface area contributed by atoms with Gasteiger partial charge in [0.2, 0.25) is 0 Å². The van der Waals surface area contributed by atoms with E-state index in [4.69, 9.17) is 0 Å². The normalized spacial score (nSPS) is 16.0. The molecule has 1 radical (unpaired) electrons. The molecule has 3 aromatic heterocycles. The van der Waals surface area contributed by atoms with Crippen molar-refractivity contribution in [3.8, 4) is 0 Å². The predicted octanol–water partition coefficient (Wildman–Crippen LogP) is 1.97. The third-order valence-electron chi connectivity index (χ3n) is 8.04. The molecule has 1 saturated carbocycles. The molecule has 3 heterocycles. The molecule has 1 aliphatic rings. The summed E-state index contributed by atoms with van der Waals surface area (Å²) in [5, 5.41) is 31.4. The van der Waals surface area contributed by atoms with Crippen LogP contribution in [0.3, 0.4) is 0 Å². The van der Waals surface area contributed by atoms with E-state index in [0.717, 1.165) is 24.2 Å². The number of amides is 1. The maximum atomic E-state index is 13.0. The first-order valence-electron chi connectivity index (χ1n) is 15.6. The number of nitrogens with zero attached hydrogens (tertiary/aromatic N) is 6. The molecule has 0 aromatic carbocycles. The van der Waals surface area contributed by atoms with Crippen LogP contribution in [0.2, 0.25) is 0 Å². The number of aromatic nitrogens is 3. The van der Waals surface area contributed by atoms with E-state index in [-0.39, 0.29) is 42.1 Å². The molecule has 14 nitrogen and oxygen atoms in total. The fourth-order valence-corrected chi connectivity index (χ4v) is 5.99. The summed E-state index contributed by atoms with van der Waals surface area (Å²) in [4.78, 5) is 66.4. The minimum atomic E-state index is -1.15. The van der Waals surface area contributed by atoms with E-state index in [1.54, 1.807) is 29.4 Å². The topological polar surface area (TPSA) is 189 Å². The Balaban J connectivity index is 0.00000625. The number of carboxylic acid groups (broad SMARTS) is 3. The Hall–Kier alpha value is -4.27. The van der Waals surface area contributed by atoms with Gasteiger partial charge in [0.15, 0.2) is 0 Å². The molecule has 2 atom stereocenters. The number of hydrogen-bond donors (Lipinski definition) is 4. The van der Waals surface area contributed by atoms with Gasteiger partial charge in [0.05, 0.1) is 42.3 Å². The van der Waals surface area contributed by atoms with Crippen molar-refractivity contribution < 1.29 is 51.6 Å². The fourth-order valence-electron chi connectivity index (χ4n) is 5.99. The van der Waals surface area contributed by atoms with Crippen LogP contribution in [0.4, 0.5) is 0 Å². The summed E-state index contributed by atoms with van der Waals surface area (Å²) < 4.78 is 0. The van der Waals surface area contributed by atoms with Crippen LogP contribution >= 0.6 is 0 Å². The van der Waals surface area contributed by atoms with Crippen LogP contribution in [0.5, 0.6) is 0 Å². The number of carboxylic acids is 3. The Morgan fingerprint density at radius 1 is 0.688 bits per heavy atom. The third kappa shape index (κ3) is 12.4. The quantitative estimate of drug-likeness (QED) is 0.141. The van der Waals surface area contributed by atoms with Crippen LogP contribution < -0.4 is 5.32 Å². The average Bonchev–Trinajstić information content (AvgIpc) is 3.05. The number of rotatable bonds is 18. The zero-order valence-corrected chi connectivity index (χ0v) is 27.7. The Morgan fingerprint density at radius 2 is 1.21 bits per heavy atom. The van der Waals surface area contributed by atoms with E-state index in [1.807, 2.05) is 36.4 Å². The molecule has 48 heavy (non-hydrogen) atoms. The molecular weight excluding hydrogens is 661 g/mol. The van der Waals surface area contributed by atoms with Crippen LogP contribution in [-0.4, -0.2) is 114 Å². The molecular formula is C33H41MnN7O7+2. The molecule has 1 amide bonds. The molecule has 0 saturated heterocycles. The maximum Gasteiger partial charge on any atom is 2.00 e. The maximum absolute atomic E-state index is 13.0. The minimum Gasteiger partial charge on any atom is -0.480 e. The van der Waals surface area contributed by atoms with Gasteiger partial charge in [-0.1, -0.05) is 25.0 Å². The largest absolute Gasteiger partial charge is 2.00 e. The molecule has 4 N–H and O–H groups in total. The Bertz CT molecular complexity index is 1410. The van der Waals surface area contributed by atoms with Gasteiger partial charge < -0.3 is 20.6 Å². The van der Waals surface area contributed by atoms with Crippen molar-refractivity contribution in [2.45, 2.75) is 57.4 Å². The first kappa shape index (κ1) is 38.2. The Labute approximate surface area is 289 Å². The number of carbonyl (C=O) groups is 4. The zero-order valence-electron chi connectivity index (χ0n) is 26.5. The molecule has 3 aromatic rings. The molecule has 1 fully saturated rings. The van der Waals surface area contributed by atoms with Crippen LogP contribution in [0.1, 0.15) is 53.1 Å². The molecule has 15 heteroatoms. The molecule has 0 spiro atoms. The summed E-state index contributed by atoms with van der Waals surface area (Å²) in [5.74, 6) is -3.66. The average molecular weight is 703 g/mol. The van der Waals surface area contributed by atoms with Crippen molar-refractivity contribution in [3.05, 3.63) is 89.8 Å². The van der Waals surface area contributed by atoms with Crippen LogP contribution in [0.25, 0.3) is 0 Å². The monoisotopic (exact) mass is 702 g/mol. The molecule has 0 aliphatic heterocycles. The van der Waals surface area contributed by atoms with Gasteiger partial charge in [0.25, 0.3) is 5.91 Å². The first-order chi connectivity index (χ1) is 22.7. The van der Waals surface area contributed by atoms with E-state index in [9.17, 15) is 34.5 Å². The van der Waals surface area contributed by atoms with Gasteiger partial charge in [-0.2, -0.15) is 0 Å². The van der Waals surface area contributed by atoms with Gasteiger partial charge in [-0.05, 0) is 49.2 Å². The summed E-state index contributed by atoms with van der Waals surface area (Å²) in [7, 11) is 0. The molecule has 255 valence electrons. The van der Waals surface area contributed by atoms with Crippen LogP contribution in [0.15, 0.2) is 67.1 Å². The molecule has 2 unspecified atom stereocenters. The summed E-state index contributed by atoms with van der Waals surface area (Å²) >= 11 is 0. The van der Waals surface area contributed by atoms with Crippen molar-refractivity contribution in [1.82, 2.24) is 35.0 Å². The van der Waals surface area contributed by atoms with Crippen molar-refractivity contribution in [2.24, 2.45) is 0 Å². The zero-order chi connectivity index (χ0) is 33.6. The van der Waals surface area contributed by atoms with Crippen molar-refractivity contribution >= 4 is 23.8 Å². The first-order valence-corrected chi connectivity index (χ1v) is 15.6. The Morgan fingerprint density at radius 3 is 1.69 bits per heavy atom. The van der Waals surface area contributed by atoms with Crippen LogP contribution in [-0.2, 0) is 51.1 Å². The molecule has 1 aliphatic carbocycles. The molecule has 0 bridgehead atoms. The Kier molecular flexibility index (Phi) is 15.5. The second-order valence-electron chi connectivity index (χ2n) is 11.6. The standard InChI is InChI=1S/C33H41N7O7.Mn/c41-30(42)21-39(28-9-1-2-10-29(28)40(22-31(43)44)23-32(45)46)20-27-12-11-24(17-37-27)33(47)36-15-16-38(18-25-7-3-5-13-34-25)19-26-8-4-6-14-35-26;/h3-8,11-14,17,28-29H,1-2,9-10,15-16,18-23H2,(H,36,47)(H,41,42)(H,43,44)(H,45,46);/q;+2. The van der Waals surface area contributed by atoms with E-state index in [1.165, 1.54) is 11.1 Å². The van der Waals surface area contributed by atoms with Crippen molar-refractivity contribution in [3.63, 3.8) is 0 Å². The number of nitrogens with one attached hydrogen (secondary N) is 1.